The highest BCUT2D eigenvalue weighted by Crippen LogP contribution is 2.18. The van der Waals surface area contributed by atoms with Crippen molar-refractivity contribution < 1.29 is 9.90 Å². The zero-order valence-corrected chi connectivity index (χ0v) is 7.60. The van der Waals surface area contributed by atoms with E-state index in [1.165, 1.54) is 0 Å². The Hall–Kier alpha value is -0.770. The monoisotopic (exact) mass is 217 g/mol. The Kier molecular flexibility index (Phi) is 2.34. The van der Waals surface area contributed by atoms with Gasteiger partial charge in [-0.3, -0.25) is 0 Å². The third kappa shape index (κ3) is 1.63. The van der Waals surface area contributed by atoms with Crippen LogP contribution in [-0.4, -0.2) is 16.1 Å². The minimum atomic E-state index is -0.926. The van der Waals surface area contributed by atoms with Crippen LogP contribution in [0.1, 0.15) is 23.1 Å². The molecular formula is C7H8BrNO2. The highest BCUT2D eigenvalue weighted by atomic mass is 79.9. The standard InChI is InChI=1S/C7H8BrNO2/c1-2-5-4(8)3-6(9-5)7(10)11/h3,9H,2H2,1H3,(H,10,11). The van der Waals surface area contributed by atoms with Crippen molar-refractivity contribution in [2.45, 2.75) is 13.3 Å². The largest absolute Gasteiger partial charge is 0.477 e. The van der Waals surface area contributed by atoms with Gasteiger partial charge in [-0.25, -0.2) is 4.79 Å². The molecule has 0 aromatic carbocycles. The molecule has 11 heavy (non-hydrogen) atoms. The molecule has 0 spiro atoms. The summed E-state index contributed by atoms with van der Waals surface area (Å²) in [6, 6.07) is 1.57. The van der Waals surface area contributed by atoms with Crippen LogP contribution >= 0.6 is 15.9 Å². The van der Waals surface area contributed by atoms with Crippen molar-refractivity contribution in [3.63, 3.8) is 0 Å². The number of carbonyl (C=O) groups is 1. The number of aromatic carboxylic acids is 1. The van der Waals surface area contributed by atoms with Crippen molar-refractivity contribution in [1.29, 1.82) is 0 Å². The molecule has 0 aliphatic heterocycles. The zero-order valence-electron chi connectivity index (χ0n) is 6.02. The number of rotatable bonds is 2. The molecule has 3 nitrogen and oxygen atoms in total. The van der Waals surface area contributed by atoms with E-state index in [4.69, 9.17) is 5.11 Å². The molecule has 0 bridgehead atoms. The molecule has 2 N–H and O–H groups in total. The number of aromatic amines is 1. The van der Waals surface area contributed by atoms with Crippen LogP contribution in [0.25, 0.3) is 0 Å². The van der Waals surface area contributed by atoms with E-state index in [-0.39, 0.29) is 5.69 Å². The van der Waals surface area contributed by atoms with E-state index in [2.05, 4.69) is 20.9 Å². The third-order valence-electron chi connectivity index (χ3n) is 1.43. The maximum absolute atomic E-state index is 10.4. The first-order chi connectivity index (χ1) is 5.15. The third-order valence-corrected chi connectivity index (χ3v) is 2.14. The minimum absolute atomic E-state index is 0.230. The van der Waals surface area contributed by atoms with Crippen molar-refractivity contribution in [3.05, 3.63) is 21.9 Å². The van der Waals surface area contributed by atoms with E-state index in [0.717, 1.165) is 16.6 Å². The molecule has 0 saturated carbocycles. The summed E-state index contributed by atoms with van der Waals surface area (Å²) in [7, 11) is 0. The van der Waals surface area contributed by atoms with Crippen molar-refractivity contribution in [1.82, 2.24) is 4.98 Å². The van der Waals surface area contributed by atoms with Crippen LogP contribution < -0.4 is 0 Å². The molecule has 0 saturated heterocycles. The molecule has 0 aliphatic rings. The Balaban J connectivity index is 3.05. The Morgan fingerprint density at radius 2 is 2.45 bits per heavy atom. The maximum Gasteiger partial charge on any atom is 0.352 e. The number of aryl methyl sites for hydroxylation is 1. The lowest BCUT2D eigenvalue weighted by atomic mass is 10.3. The first kappa shape index (κ1) is 8.33. The second-order valence-corrected chi connectivity index (χ2v) is 3.02. The van der Waals surface area contributed by atoms with Crippen LogP contribution in [0.2, 0.25) is 0 Å². The second-order valence-electron chi connectivity index (χ2n) is 2.17. The Morgan fingerprint density at radius 3 is 2.73 bits per heavy atom. The Bertz CT molecular complexity index is 280. The summed E-state index contributed by atoms with van der Waals surface area (Å²) in [4.78, 5) is 13.2. The fourth-order valence-electron chi connectivity index (χ4n) is 0.845. The molecule has 0 fully saturated rings. The number of H-pyrrole nitrogens is 1. The summed E-state index contributed by atoms with van der Waals surface area (Å²) in [5.41, 5.74) is 1.15. The normalized spacial score (nSPS) is 10.0. The molecule has 1 aromatic rings. The quantitative estimate of drug-likeness (QED) is 0.797. The molecule has 0 unspecified atom stereocenters. The number of carboxylic acids is 1. The summed E-state index contributed by atoms with van der Waals surface area (Å²) in [5.74, 6) is -0.926. The van der Waals surface area contributed by atoms with Crippen molar-refractivity contribution >= 4 is 21.9 Å². The second kappa shape index (κ2) is 3.09. The van der Waals surface area contributed by atoms with Gasteiger partial charge in [0.15, 0.2) is 0 Å². The molecule has 1 rings (SSSR count). The zero-order chi connectivity index (χ0) is 8.43. The van der Waals surface area contributed by atoms with Gasteiger partial charge in [-0.1, -0.05) is 6.92 Å². The molecule has 1 heterocycles. The van der Waals surface area contributed by atoms with Crippen LogP contribution in [0.4, 0.5) is 0 Å². The predicted molar refractivity (Wildman–Crippen MR) is 44.8 cm³/mol. The Labute approximate surface area is 72.6 Å². The van der Waals surface area contributed by atoms with Gasteiger partial charge < -0.3 is 10.1 Å². The molecule has 0 amide bonds. The van der Waals surface area contributed by atoms with Crippen molar-refractivity contribution in [2.75, 3.05) is 0 Å². The van der Waals surface area contributed by atoms with Gasteiger partial charge in [-0.2, -0.15) is 0 Å². The highest BCUT2D eigenvalue weighted by molar-refractivity contribution is 9.10. The van der Waals surface area contributed by atoms with E-state index in [1.54, 1.807) is 6.07 Å². The molecule has 60 valence electrons. The van der Waals surface area contributed by atoms with Gasteiger partial charge in [-0.05, 0) is 28.4 Å². The van der Waals surface area contributed by atoms with Crippen LogP contribution in [0.3, 0.4) is 0 Å². The van der Waals surface area contributed by atoms with Gasteiger partial charge in [0.2, 0.25) is 0 Å². The average Bonchev–Trinajstić information content (AvgIpc) is 2.31. The van der Waals surface area contributed by atoms with Gasteiger partial charge in [0.1, 0.15) is 5.69 Å². The first-order valence-electron chi connectivity index (χ1n) is 3.25. The minimum Gasteiger partial charge on any atom is -0.477 e. The van der Waals surface area contributed by atoms with Crippen LogP contribution in [-0.2, 0) is 6.42 Å². The molecule has 4 heteroatoms. The lowest BCUT2D eigenvalue weighted by Gasteiger charge is -1.89. The Morgan fingerprint density at radius 1 is 1.82 bits per heavy atom. The smallest absolute Gasteiger partial charge is 0.352 e. The summed E-state index contributed by atoms with van der Waals surface area (Å²) in [6.45, 7) is 1.96. The van der Waals surface area contributed by atoms with Gasteiger partial charge in [0, 0.05) is 10.2 Å². The number of nitrogens with one attached hydrogen (secondary N) is 1. The van der Waals surface area contributed by atoms with E-state index in [0.29, 0.717) is 0 Å². The summed E-state index contributed by atoms with van der Waals surface area (Å²) < 4.78 is 0.831. The summed E-state index contributed by atoms with van der Waals surface area (Å²) in [6.07, 6.45) is 0.799. The number of hydrogen-bond donors (Lipinski definition) is 2. The van der Waals surface area contributed by atoms with Gasteiger partial charge >= 0.3 is 5.97 Å². The summed E-state index contributed by atoms with van der Waals surface area (Å²) >= 11 is 3.25. The lowest BCUT2D eigenvalue weighted by molar-refractivity contribution is 0.0691. The van der Waals surface area contributed by atoms with E-state index in [1.807, 2.05) is 6.92 Å². The number of hydrogen-bond acceptors (Lipinski definition) is 1. The average molecular weight is 218 g/mol. The van der Waals surface area contributed by atoms with Crippen LogP contribution in [0.15, 0.2) is 10.5 Å². The molecule has 0 radical (unpaired) electrons. The number of carboxylic acid groups (broad SMARTS) is 1. The maximum atomic E-state index is 10.4. The van der Waals surface area contributed by atoms with E-state index < -0.39 is 5.97 Å². The first-order valence-corrected chi connectivity index (χ1v) is 4.05. The lowest BCUT2D eigenvalue weighted by Crippen LogP contribution is -1.95. The molecule has 0 atom stereocenters. The fourth-order valence-corrected chi connectivity index (χ4v) is 1.45. The summed E-state index contributed by atoms with van der Waals surface area (Å²) in [5, 5.41) is 8.57. The number of aromatic nitrogens is 1. The molecule has 0 aliphatic carbocycles. The van der Waals surface area contributed by atoms with Crippen LogP contribution in [0.5, 0.6) is 0 Å². The van der Waals surface area contributed by atoms with E-state index in [9.17, 15) is 4.79 Å². The fraction of sp³-hybridized carbons (Fsp3) is 0.286. The van der Waals surface area contributed by atoms with Gasteiger partial charge in [-0.15, -0.1) is 0 Å². The SMILES string of the molecule is CCc1[nH]c(C(=O)O)cc1Br. The molecular weight excluding hydrogens is 210 g/mol. The van der Waals surface area contributed by atoms with Gasteiger partial charge in [0.25, 0.3) is 0 Å². The van der Waals surface area contributed by atoms with E-state index >= 15 is 0 Å². The van der Waals surface area contributed by atoms with Crippen LogP contribution in [0, 0.1) is 0 Å². The topological polar surface area (TPSA) is 53.1 Å². The highest BCUT2D eigenvalue weighted by Gasteiger charge is 2.08. The number of halogens is 1. The van der Waals surface area contributed by atoms with Crippen molar-refractivity contribution in [3.8, 4) is 0 Å². The molecule has 1 aromatic heterocycles. The predicted octanol–water partition coefficient (Wildman–Crippen LogP) is 2.04. The van der Waals surface area contributed by atoms with Gasteiger partial charge in [0.05, 0.1) is 0 Å². The van der Waals surface area contributed by atoms with Crippen molar-refractivity contribution in [2.24, 2.45) is 0 Å².